The minimum Gasteiger partial charge on any atom is -0.466 e. The largest absolute Gasteiger partial charge is 0.466 e. The topological polar surface area (TPSA) is 57.2 Å². The highest BCUT2D eigenvalue weighted by Crippen LogP contribution is 2.19. The zero-order valence-corrected chi connectivity index (χ0v) is 15.6. The van der Waals surface area contributed by atoms with E-state index in [1.54, 1.807) is 0 Å². The van der Waals surface area contributed by atoms with Gasteiger partial charge in [0.05, 0.1) is 12.5 Å². The van der Waals surface area contributed by atoms with Crippen LogP contribution in [0, 0.1) is 11.8 Å². The Morgan fingerprint density at radius 3 is 2.79 bits per heavy atom. The van der Waals surface area contributed by atoms with Crippen molar-refractivity contribution in [3.8, 4) is 0 Å². The lowest BCUT2D eigenvalue weighted by Crippen LogP contribution is -2.49. The first-order valence-corrected chi connectivity index (χ1v) is 9.52. The van der Waals surface area contributed by atoms with Crippen LogP contribution < -0.4 is 5.32 Å². The van der Waals surface area contributed by atoms with Crippen LogP contribution in [0.4, 0.5) is 0 Å². The summed E-state index contributed by atoms with van der Waals surface area (Å²) in [6.07, 6.45) is 4.42. The molecule has 0 aromatic heterocycles. The van der Waals surface area contributed by atoms with Crippen LogP contribution in [0.15, 0.2) is 4.99 Å². The Labute approximate surface area is 146 Å². The molecule has 0 saturated carbocycles. The van der Waals surface area contributed by atoms with Crippen molar-refractivity contribution in [1.82, 2.24) is 15.1 Å². The summed E-state index contributed by atoms with van der Waals surface area (Å²) in [7, 11) is 1.83. The molecule has 2 aliphatic rings. The van der Waals surface area contributed by atoms with Gasteiger partial charge in [-0.3, -0.25) is 9.79 Å². The summed E-state index contributed by atoms with van der Waals surface area (Å²) in [6, 6.07) is 0. The lowest BCUT2D eigenvalue weighted by Gasteiger charge is -2.34. The number of guanidine groups is 1. The van der Waals surface area contributed by atoms with E-state index in [1.807, 2.05) is 14.0 Å². The number of rotatable bonds is 6. The molecular formula is C18H34N4O2. The second kappa shape index (κ2) is 9.87. The van der Waals surface area contributed by atoms with E-state index in [2.05, 4.69) is 27.0 Å². The van der Waals surface area contributed by atoms with Gasteiger partial charge in [-0.15, -0.1) is 0 Å². The van der Waals surface area contributed by atoms with Gasteiger partial charge in [-0.25, -0.2) is 0 Å². The lowest BCUT2D eigenvalue weighted by molar-refractivity contribution is -0.149. The summed E-state index contributed by atoms with van der Waals surface area (Å²) in [5.74, 6) is 1.53. The molecule has 0 aliphatic carbocycles. The van der Waals surface area contributed by atoms with E-state index in [1.165, 1.54) is 32.5 Å². The molecule has 0 aromatic carbocycles. The second-order valence-corrected chi connectivity index (χ2v) is 6.92. The molecule has 2 atom stereocenters. The molecule has 6 heteroatoms. The third-order valence-corrected chi connectivity index (χ3v) is 5.01. The predicted molar refractivity (Wildman–Crippen MR) is 97.1 cm³/mol. The van der Waals surface area contributed by atoms with Crippen LogP contribution in [0.1, 0.15) is 39.5 Å². The van der Waals surface area contributed by atoms with Crippen molar-refractivity contribution in [1.29, 1.82) is 0 Å². The van der Waals surface area contributed by atoms with Crippen molar-refractivity contribution < 1.29 is 9.53 Å². The number of carbonyl (C=O) groups is 1. The Bertz CT molecular complexity index is 427. The van der Waals surface area contributed by atoms with Crippen LogP contribution in [-0.4, -0.2) is 74.7 Å². The number of aliphatic imine (C=N–C) groups is 1. The van der Waals surface area contributed by atoms with Crippen LogP contribution in [0.2, 0.25) is 0 Å². The van der Waals surface area contributed by atoms with Gasteiger partial charge in [0.1, 0.15) is 0 Å². The van der Waals surface area contributed by atoms with Crippen molar-refractivity contribution in [2.45, 2.75) is 39.5 Å². The average molecular weight is 338 g/mol. The maximum Gasteiger partial charge on any atom is 0.310 e. The molecule has 2 unspecified atom stereocenters. The number of hydrogen-bond donors (Lipinski definition) is 1. The van der Waals surface area contributed by atoms with E-state index in [-0.39, 0.29) is 11.9 Å². The van der Waals surface area contributed by atoms with E-state index in [0.717, 1.165) is 31.9 Å². The molecule has 1 N–H and O–H groups in total. The molecule has 2 saturated heterocycles. The first kappa shape index (κ1) is 19.0. The molecule has 0 aromatic rings. The number of ether oxygens (including phenoxy) is 1. The summed E-state index contributed by atoms with van der Waals surface area (Å²) in [6.45, 7) is 10.8. The van der Waals surface area contributed by atoms with Crippen molar-refractivity contribution in [2.24, 2.45) is 16.8 Å². The fraction of sp³-hybridized carbons (Fsp3) is 0.889. The van der Waals surface area contributed by atoms with Crippen LogP contribution in [0.5, 0.6) is 0 Å². The number of hydrogen-bond acceptors (Lipinski definition) is 4. The SMILES string of the molecule is CCCN1CCC(CNC(=NC)N2CCCC(C(=O)OCC)C2)C1. The quantitative estimate of drug-likeness (QED) is 0.453. The Morgan fingerprint density at radius 2 is 2.08 bits per heavy atom. The van der Waals surface area contributed by atoms with Crippen molar-refractivity contribution in [3.05, 3.63) is 0 Å². The van der Waals surface area contributed by atoms with Gasteiger partial charge in [0.25, 0.3) is 0 Å². The number of nitrogens with one attached hydrogen (secondary N) is 1. The minimum atomic E-state index is -0.0661. The maximum absolute atomic E-state index is 12.0. The highest BCUT2D eigenvalue weighted by atomic mass is 16.5. The van der Waals surface area contributed by atoms with Crippen molar-refractivity contribution in [3.63, 3.8) is 0 Å². The Balaban J connectivity index is 1.80. The first-order valence-electron chi connectivity index (χ1n) is 9.52. The minimum absolute atomic E-state index is 0.0243. The average Bonchev–Trinajstić information content (AvgIpc) is 3.04. The van der Waals surface area contributed by atoms with E-state index in [9.17, 15) is 4.79 Å². The summed E-state index contributed by atoms with van der Waals surface area (Å²) in [4.78, 5) is 21.2. The van der Waals surface area contributed by atoms with Crippen molar-refractivity contribution in [2.75, 3.05) is 52.9 Å². The van der Waals surface area contributed by atoms with E-state index in [4.69, 9.17) is 4.74 Å². The fourth-order valence-corrected chi connectivity index (χ4v) is 3.79. The third-order valence-electron chi connectivity index (χ3n) is 5.01. The highest BCUT2D eigenvalue weighted by Gasteiger charge is 2.29. The summed E-state index contributed by atoms with van der Waals surface area (Å²) >= 11 is 0. The maximum atomic E-state index is 12.0. The summed E-state index contributed by atoms with van der Waals surface area (Å²) < 4.78 is 5.19. The van der Waals surface area contributed by atoms with E-state index < -0.39 is 0 Å². The molecule has 0 spiro atoms. The first-order chi connectivity index (χ1) is 11.7. The lowest BCUT2D eigenvalue weighted by atomic mass is 9.98. The zero-order chi connectivity index (χ0) is 17.4. The number of carbonyl (C=O) groups excluding carboxylic acids is 1. The molecule has 2 rings (SSSR count). The zero-order valence-electron chi connectivity index (χ0n) is 15.6. The van der Waals surface area contributed by atoms with Gasteiger partial charge in [0.2, 0.25) is 0 Å². The molecule has 0 amide bonds. The monoisotopic (exact) mass is 338 g/mol. The Morgan fingerprint density at radius 1 is 1.25 bits per heavy atom. The standard InChI is InChI=1S/C18H34N4O2/c1-4-9-21-11-8-15(13-21)12-20-18(19-3)22-10-6-7-16(14-22)17(23)24-5-2/h15-16H,4-14H2,1-3H3,(H,19,20). The van der Waals surface area contributed by atoms with Gasteiger partial charge in [-0.1, -0.05) is 6.92 Å². The number of likely N-dealkylation sites (tertiary alicyclic amines) is 2. The van der Waals surface area contributed by atoms with Gasteiger partial charge >= 0.3 is 5.97 Å². The van der Waals surface area contributed by atoms with Crippen molar-refractivity contribution >= 4 is 11.9 Å². The molecule has 2 fully saturated rings. The predicted octanol–water partition coefficient (Wildman–Crippen LogP) is 1.57. The number of nitrogens with zero attached hydrogens (tertiary/aromatic N) is 3. The van der Waals surface area contributed by atoms with Crippen LogP contribution >= 0.6 is 0 Å². The van der Waals surface area contributed by atoms with Gasteiger partial charge in [0.15, 0.2) is 5.96 Å². The summed E-state index contributed by atoms with van der Waals surface area (Å²) in [5.41, 5.74) is 0. The number of piperidine rings is 1. The smallest absolute Gasteiger partial charge is 0.310 e. The van der Waals surface area contributed by atoms with Gasteiger partial charge in [-0.05, 0) is 51.6 Å². The van der Waals surface area contributed by atoms with Gasteiger partial charge < -0.3 is 19.9 Å². The molecule has 0 bridgehead atoms. The molecule has 2 aliphatic heterocycles. The van der Waals surface area contributed by atoms with Crippen LogP contribution in [-0.2, 0) is 9.53 Å². The van der Waals surface area contributed by atoms with Gasteiger partial charge in [0, 0.05) is 33.2 Å². The highest BCUT2D eigenvalue weighted by molar-refractivity contribution is 5.81. The third kappa shape index (κ3) is 5.36. The molecule has 2 heterocycles. The molecule has 138 valence electrons. The normalized spacial score (nSPS) is 25.8. The summed E-state index contributed by atoms with van der Waals surface area (Å²) in [5, 5.41) is 3.53. The Kier molecular flexibility index (Phi) is 7.82. The molecular weight excluding hydrogens is 304 g/mol. The van der Waals surface area contributed by atoms with Crippen LogP contribution in [0.3, 0.4) is 0 Å². The Hall–Kier alpha value is -1.30. The molecule has 6 nitrogen and oxygen atoms in total. The van der Waals surface area contributed by atoms with Crippen LogP contribution in [0.25, 0.3) is 0 Å². The van der Waals surface area contributed by atoms with E-state index >= 15 is 0 Å². The van der Waals surface area contributed by atoms with E-state index in [0.29, 0.717) is 19.1 Å². The number of esters is 1. The molecule has 24 heavy (non-hydrogen) atoms. The van der Waals surface area contributed by atoms with Gasteiger partial charge in [-0.2, -0.15) is 0 Å². The second-order valence-electron chi connectivity index (χ2n) is 6.92. The fourth-order valence-electron chi connectivity index (χ4n) is 3.79. The molecule has 0 radical (unpaired) electrons.